The predicted octanol–water partition coefficient (Wildman–Crippen LogP) is 3.69. The number of aromatic nitrogens is 3. The van der Waals surface area contributed by atoms with Crippen molar-refractivity contribution in [2.45, 2.75) is 12.8 Å². The fourth-order valence-electron chi connectivity index (χ4n) is 3.13. The van der Waals surface area contributed by atoms with E-state index in [9.17, 15) is 9.18 Å². The van der Waals surface area contributed by atoms with E-state index in [1.54, 1.807) is 4.57 Å². The lowest BCUT2D eigenvalue weighted by molar-refractivity contribution is 0.0793. The number of amides is 1. The maximum absolute atomic E-state index is 13.7. The number of hydrogen-bond donors (Lipinski definition) is 0. The van der Waals surface area contributed by atoms with Crippen LogP contribution in [0.25, 0.3) is 11.5 Å². The minimum Gasteiger partial charge on any atom is -0.338 e. The van der Waals surface area contributed by atoms with Gasteiger partial charge >= 0.3 is 0 Å². The standard InChI is InChI=1S/C18H16ClFN4O/c19-15-6-5-13(20)11-16(15)24-17(22-7-1-2-8-22)14(12-21-24)18(25)23-9-3-4-10-23/h1-2,5-8,11-12H,3-4,9-10H2. The van der Waals surface area contributed by atoms with E-state index in [1.165, 1.54) is 29.1 Å². The van der Waals surface area contributed by atoms with Crippen LogP contribution in [0.4, 0.5) is 4.39 Å². The van der Waals surface area contributed by atoms with Crippen molar-refractivity contribution in [1.29, 1.82) is 0 Å². The summed E-state index contributed by atoms with van der Waals surface area (Å²) in [5.74, 6) is 0.0650. The van der Waals surface area contributed by atoms with Gasteiger partial charge in [0.05, 0.1) is 16.9 Å². The third-order valence-electron chi connectivity index (χ3n) is 4.35. The van der Waals surface area contributed by atoms with E-state index >= 15 is 0 Å². The van der Waals surface area contributed by atoms with Crippen LogP contribution in [0.3, 0.4) is 0 Å². The second kappa shape index (κ2) is 6.37. The number of benzene rings is 1. The topological polar surface area (TPSA) is 43.1 Å². The lowest BCUT2D eigenvalue weighted by Crippen LogP contribution is -2.28. The third kappa shape index (κ3) is 2.82. The lowest BCUT2D eigenvalue weighted by Gasteiger charge is -2.17. The summed E-state index contributed by atoms with van der Waals surface area (Å²) in [6.45, 7) is 1.49. The van der Waals surface area contributed by atoms with Gasteiger partial charge in [0.25, 0.3) is 5.91 Å². The van der Waals surface area contributed by atoms with Crippen LogP contribution in [-0.2, 0) is 0 Å². The summed E-state index contributed by atoms with van der Waals surface area (Å²) in [7, 11) is 0. The molecule has 3 heterocycles. The molecule has 0 spiro atoms. The molecule has 1 aromatic carbocycles. The maximum atomic E-state index is 13.7. The van der Waals surface area contributed by atoms with Gasteiger partial charge in [-0.05, 0) is 37.1 Å². The molecule has 1 aliphatic heterocycles. The van der Waals surface area contributed by atoms with Crippen molar-refractivity contribution < 1.29 is 9.18 Å². The Balaban J connectivity index is 1.88. The summed E-state index contributed by atoms with van der Waals surface area (Å²) in [6.07, 6.45) is 7.18. The normalized spacial score (nSPS) is 14.2. The molecule has 0 aliphatic carbocycles. The number of carbonyl (C=O) groups excluding carboxylic acids is 1. The number of nitrogens with zero attached hydrogens (tertiary/aromatic N) is 4. The highest BCUT2D eigenvalue weighted by Crippen LogP contribution is 2.27. The smallest absolute Gasteiger partial charge is 0.259 e. The molecule has 4 rings (SSSR count). The predicted molar refractivity (Wildman–Crippen MR) is 93.0 cm³/mol. The van der Waals surface area contributed by atoms with Crippen LogP contribution in [0, 0.1) is 5.82 Å². The van der Waals surface area contributed by atoms with Gasteiger partial charge in [0.15, 0.2) is 5.82 Å². The molecule has 0 atom stereocenters. The zero-order chi connectivity index (χ0) is 17.4. The Morgan fingerprint density at radius 2 is 1.88 bits per heavy atom. The molecule has 0 bridgehead atoms. The zero-order valence-corrected chi connectivity index (χ0v) is 14.2. The SMILES string of the molecule is O=C(c1cnn(-c2cc(F)ccc2Cl)c1-n1cccc1)N1CCCC1. The summed E-state index contributed by atoms with van der Waals surface area (Å²) in [6, 6.07) is 7.80. The van der Waals surface area contributed by atoms with E-state index in [2.05, 4.69) is 5.10 Å². The molecule has 25 heavy (non-hydrogen) atoms. The van der Waals surface area contributed by atoms with Gasteiger partial charge in [-0.25, -0.2) is 9.07 Å². The van der Waals surface area contributed by atoms with Crippen LogP contribution in [0.1, 0.15) is 23.2 Å². The summed E-state index contributed by atoms with van der Waals surface area (Å²) >= 11 is 6.25. The molecule has 0 saturated carbocycles. The fraction of sp³-hybridized carbons (Fsp3) is 0.222. The molecule has 1 amide bonds. The number of likely N-dealkylation sites (tertiary alicyclic amines) is 1. The van der Waals surface area contributed by atoms with E-state index in [-0.39, 0.29) is 5.91 Å². The van der Waals surface area contributed by atoms with Crippen molar-refractivity contribution in [3.8, 4) is 11.5 Å². The van der Waals surface area contributed by atoms with Crippen LogP contribution in [-0.4, -0.2) is 38.2 Å². The Bertz CT molecular complexity index is 913. The molecule has 5 nitrogen and oxygen atoms in total. The first-order chi connectivity index (χ1) is 12.1. The Kier molecular flexibility index (Phi) is 4.05. The van der Waals surface area contributed by atoms with Gasteiger partial charge in [0, 0.05) is 31.5 Å². The summed E-state index contributed by atoms with van der Waals surface area (Å²) in [5, 5.41) is 4.69. The summed E-state index contributed by atoms with van der Waals surface area (Å²) in [5.41, 5.74) is 0.865. The van der Waals surface area contributed by atoms with Gasteiger partial charge in [-0.15, -0.1) is 0 Å². The van der Waals surface area contributed by atoms with Crippen molar-refractivity contribution in [1.82, 2.24) is 19.2 Å². The highest BCUT2D eigenvalue weighted by molar-refractivity contribution is 6.32. The molecule has 0 unspecified atom stereocenters. The van der Waals surface area contributed by atoms with Gasteiger partial charge in [0.1, 0.15) is 11.4 Å². The van der Waals surface area contributed by atoms with Crippen LogP contribution >= 0.6 is 11.6 Å². The number of hydrogen-bond acceptors (Lipinski definition) is 2. The van der Waals surface area contributed by atoms with Gasteiger partial charge in [-0.2, -0.15) is 5.10 Å². The van der Waals surface area contributed by atoms with Crippen molar-refractivity contribution in [3.05, 3.63) is 65.3 Å². The van der Waals surface area contributed by atoms with Crippen LogP contribution in [0.2, 0.25) is 5.02 Å². The minimum atomic E-state index is -0.416. The monoisotopic (exact) mass is 358 g/mol. The Morgan fingerprint density at radius 1 is 1.16 bits per heavy atom. The van der Waals surface area contributed by atoms with E-state index in [0.717, 1.165) is 25.9 Å². The van der Waals surface area contributed by atoms with Gasteiger partial charge in [-0.1, -0.05) is 11.6 Å². The molecule has 3 aromatic rings. The quantitative estimate of drug-likeness (QED) is 0.716. The second-order valence-corrected chi connectivity index (χ2v) is 6.39. The zero-order valence-electron chi connectivity index (χ0n) is 13.4. The first-order valence-corrected chi connectivity index (χ1v) is 8.49. The molecule has 1 aliphatic rings. The van der Waals surface area contributed by atoms with E-state index in [1.807, 2.05) is 29.4 Å². The minimum absolute atomic E-state index is 0.0695. The largest absolute Gasteiger partial charge is 0.338 e. The van der Waals surface area contributed by atoms with Crippen molar-refractivity contribution >= 4 is 17.5 Å². The highest BCUT2D eigenvalue weighted by Gasteiger charge is 2.26. The van der Waals surface area contributed by atoms with Gasteiger partial charge < -0.3 is 9.47 Å². The molecule has 0 N–H and O–H groups in total. The van der Waals surface area contributed by atoms with E-state index < -0.39 is 5.82 Å². The summed E-state index contributed by atoms with van der Waals surface area (Å²) in [4.78, 5) is 14.7. The van der Waals surface area contributed by atoms with Crippen molar-refractivity contribution in [2.75, 3.05) is 13.1 Å². The molecule has 128 valence electrons. The molecule has 1 saturated heterocycles. The molecule has 2 aromatic heterocycles. The number of carbonyl (C=O) groups is 1. The molecule has 7 heteroatoms. The van der Waals surface area contributed by atoms with Crippen molar-refractivity contribution in [3.63, 3.8) is 0 Å². The Morgan fingerprint density at radius 3 is 2.60 bits per heavy atom. The average molecular weight is 359 g/mol. The van der Waals surface area contributed by atoms with Crippen LogP contribution in [0.5, 0.6) is 0 Å². The average Bonchev–Trinajstić information content (AvgIpc) is 3.36. The van der Waals surface area contributed by atoms with Gasteiger partial charge in [-0.3, -0.25) is 4.79 Å². The molecular formula is C18H16ClFN4O. The Hall–Kier alpha value is -2.60. The lowest BCUT2D eigenvalue weighted by atomic mass is 10.2. The number of halogens is 2. The second-order valence-electron chi connectivity index (χ2n) is 5.98. The molecule has 0 radical (unpaired) electrons. The molecule has 1 fully saturated rings. The Labute approximate surface area is 149 Å². The van der Waals surface area contributed by atoms with E-state index in [0.29, 0.717) is 22.1 Å². The van der Waals surface area contributed by atoms with Crippen LogP contribution in [0.15, 0.2) is 48.9 Å². The fourth-order valence-corrected chi connectivity index (χ4v) is 3.33. The van der Waals surface area contributed by atoms with Crippen molar-refractivity contribution in [2.24, 2.45) is 0 Å². The highest BCUT2D eigenvalue weighted by atomic mass is 35.5. The first kappa shape index (κ1) is 15.9. The third-order valence-corrected chi connectivity index (χ3v) is 4.67. The van der Waals surface area contributed by atoms with Crippen LogP contribution < -0.4 is 0 Å². The van der Waals surface area contributed by atoms with Gasteiger partial charge in [0.2, 0.25) is 0 Å². The summed E-state index contributed by atoms with van der Waals surface area (Å²) < 4.78 is 17.0. The molecular weight excluding hydrogens is 343 g/mol. The van der Waals surface area contributed by atoms with E-state index in [4.69, 9.17) is 11.6 Å². The maximum Gasteiger partial charge on any atom is 0.259 e. The first-order valence-electron chi connectivity index (χ1n) is 8.11. The number of rotatable bonds is 3.